The summed E-state index contributed by atoms with van der Waals surface area (Å²) >= 11 is 6.11. The van der Waals surface area contributed by atoms with Crippen molar-refractivity contribution >= 4 is 17.5 Å². The lowest BCUT2D eigenvalue weighted by molar-refractivity contribution is -0.153. The molecule has 0 bridgehead atoms. The Morgan fingerprint density at radius 1 is 1.31 bits per heavy atom. The van der Waals surface area contributed by atoms with Crippen molar-refractivity contribution in [2.24, 2.45) is 0 Å². The molecule has 2 aromatic rings. The third-order valence-corrected chi connectivity index (χ3v) is 5.89. The van der Waals surface area contributed by atoms with E-state index in [1.165, 1.54) is 10.8 Å². The highest BCUT2D eigenvalue weighted by atomic mass is 35.5. The molecule has 4 rings (SSSR count). The zero-order valence-corrected chi connectivity index (χ0v) is 19.0. The lowest BCUT2D eigenvalue weighted by atomic mass is 9.97. The topological polar surface area (TPSA) is 129 Å². The second-order valence-electron chi connectivity index (χ2n) is 8.37. The molecule has 2 aliphatic rings. The third kappa shape index (κ3) is 4.25. The molecule has 4 heterocycles. The molecule has 2 aromatic heterocycles. The van der Waals surface area contributed by atoms with Crippen molar-refractivity contribution in [2.75, 3.05) is 13.2 Å². The second-order valence-corrected chi connectivity index (χ2v) is 8.78. The predicted molar refractivity (Wildman–Crippen MR) is 114 cm³/mol. The van der Waals surface area contributed by atoms with Crippen molar-refractivity contribution in [3.8, 4) is 0 Å². The van der Waals surface area contributed by atoms with Crippen LogP contribution in [0.2, 0.25) is 5.02 Å². The van der Waals surface area contributed by atoms with Crippen LogP contribution in [0.15, 0.2) is 22.0 Å². The van der Waals surface area contributed by atoms with E-state index in [9.17, 15) is 14.4 Å². The summed E-state index contributed by atoms with van der Waals surface area (Å²) in [5.41, 5.74) is -0.447. The standard InChI is InChI=1S/C20H26ClN5O6/c1-5-25-8-11(21)14(24-25)18(28)22-6-13-16-15(31-20(3,4)32-16)12(9-30-13)26-7-10(2)17(27)23-19(26)29/h7-8,12-13,15-16H,5-6,9H2,1-4H3,(H,22,28)(H,23,27,29)/t12-,13-,15+,16-/m1/s1. The highest BCUT2D eigenvalue weighted by Gasteiger charge is 2.52. The van der Waals surface area contributed by atoms with E-state index in [-0.39, 0.29) is 23.9 Å². The number of H-pyrrole nitrogens is 1. The van der Waals surface area contributed by atoms with Crippen molar-refractivity contribution in [3.63, 3.8) is 0 Å². The van der Waals surface area contributed by atoms with E-state index in [2.05, 4.69) is 15.4 Å². The molecule has 2 N–H and O–H groups in total. The Kier molecular flexibility index (Phi) is 6.01. The first kappa shape index (κ1) is 22.7. The predicted octanol–water partition coefficient (Wildman–Crippen LogP) is 0.605. The van der Waals surface area contributed by atoms with E-state index in [4.69, 9.17) is 25.8 Å². The normalized spacial score (nSPS) is 26.7. The van der Waals surface area contributed by atoms with E-state index in [0.29, 0.717) is 12.1 Å². The van der Waals surface area contributed by atoms with Crippen LogP contribution in [0.4, 0.5) is 0 Å². The Labute approximate surface area is 188 Å². The SMILES string of the molecule is CCn1cc(Cl)c(C(=O)NC[C@H]2OC[C@@H](n3cc(C)c(=O)[nH]c3=O)[C@@H]3OC(C)(C)O[C@@H]32)n1. The Hall–Kier alpha value is -2.47. The molecule has 0 aliphatic carbocycles. The van der Waals surface area contributed by atoms with Crippen LogP contribution in [-0.4, -0.2) is 62.5 Å². The summed E-state index contributed by atoms with van der Waals surface area (Å²) in [6, 6.07) is -0.508. The molecule has 1 amide bonds. The number of nitrogens with zero attached hydrogens (tertiary/aromatic N) is 3. The van der Waals surface area contributed by atoms with Gasteiger partial charge >= 0.3 is 5.69 Å². The molecule has 0 unspecified atom stereocenters. The number of aromatic amines is 1. The van der Waals surface area contributed by atoms with Crippen LogP contribution < -0.4 is 16.6 Å². The van der Waals surface area contributed by atoms with Gasteiger partial charge in [-0.05, 0) is 27.7 Å². The summed E-state index contributed by atoms with van der Waals surface area (Å²) in [5, 5.41) is 7.23. The minimum absolute atomic E-state index is 0.137. The van der Waals surface area contributed by atoms with Crippen LogP contribution in [-0.2, 0) is 20.8 Å². The molecule has 2 fully saturated rings. The van der Waals surface area contributed by atoms with Gasteiger partial charge in [0.1, 0.15) is 18.3 Å². The molecule has 174 valence electrons. The first-order valence-corrected chi connectivity index (χ1v) is 10.8. The van der Waals surface area contributed by atoms with Crippen LogP contribution in [0, 0.1) is 6.92 Å². The molecule has 0 aromatic carbocycles. The van der Waals surface area contributed by atoms with Gasteiger partial charge in [-0.15, -0.1) is 0 Å². The smallest absolute Gasteiger partial charge is 0.328 e. The van der Waals surface area contributed by atoms with Crippen LogP contribution >= 0.6 is 11.6 Å². The maximum atomic E-state index is 12.6. The molecule has 0 spiro atoms. The largest absolute Gasteiger partial charge is 0.371 e. The van der Waals surface area contributed by atoms with E-state index >= 15 is 0 Å². The average Bonchev–Trinajstić information content (AvgIpc) is 3.27. The Bertz CT molecular complexity index is 1140. The summed E-state index contributed by atoms with van der Waals surface area (Å²) in [4.78, 5) is 39.1. The Balaban J connectivity index is 1.52. The van der Waals surface area contributed by atoms with Crippen molar-refractivity contribution in [1.82, 2.24) is 24.6 Å². The number of halogens is 1. The highest BCUT2D eigenvalue weighted by molar-refractivity contribution is 6.33. The zero-order valence-electron chi connectivity index (χ0n) is 18.3. The maximum Gasteiger partial charge on any atom is 0.328 e. The Morgan fingerprint density at radius 3 is 2.72 bits per heavy atom. The fraction of sp³-hybridized carbons (Fsp3) is 0.600. The number of rotatable bonds is 5. The number of aryl methyl sites for hydroxylation is 2. The van der Waals surface area contributed by atoms with Gasteiger partial charge in [0.2, 0.25) is 0 Å². The molecule has 2 aliphatic heterocycles. The number of carbonyl (C=O) groups is 1. The molecule has 0 radical (unpaired) electrons. The van der Waals surface area contributed by atoms with Crippen molar-refractivity contribution in [3.05, 3.63) is 49.5 Å². The molecule has 2 saturated heterocycles. The molecule has 0 saturated carbocycles. The van der Waals surface area contributed by atoms with Crippen molar-refractivity contribution in [1.29, 1.82) is 0 Å². The lowest BCUT2D eigenvalue weighted by Gasteiger charge is -2.37. The quantitative estimate of drug-likeness (QED) is 0.658. The monoisotopic (exact) mass is 467 g/mol. The van der Waals surface area contributed by atoms with Crippen LogP contribution in [0.1, 0.15) is 42.9 Å². The first-order chi connectivity index (χ1) is 15.1. The number of hydrogen-bond donors (Lipinski definition) is 2. The van der Waals surface area contributed by atoms with Gasteiger partial charge < -0.3 is 19.5 Å². The average molecular weight is 468 g/mol. The van der Waals surface area contributed by atoms with Crippen molar-refractivity contribution < 1.29 is 19.0 Å². The molecular weight excluding hydrogens is 442 g/mol. The van der Waals surface area contributed by atoms with E-state index < -0.39 is 47.3 Å². The molecular formula is C20H26ClN5O6. The van der Waals surface area contributed by atoms with Gasteiger partial charge in [0.25, 0.3) is 11.5 Å². The van der Waals surface area contributed by atoms with Crippen LogP contribution in [0.25, 0.3) is 0 Å². The number of hydrogen-bond acceptors (Lipinski definition) is 7. The fourth-order valence-corrected chi connectivity index (χ4v) is 4.29. The van der Waals surface area contributed by atoms with E-state index in [1.54, 1.807) is 31.6 Å². The van der Waals surface area contributed by atoms with E-state index in [0.717, 1.165) is 0 Å². The minimum atomic E-state index is -0.909. The van der Waals surface area contributed by atoms with Gasteiger partial charge in [-0.1, -0.05) is 11.6 Å². The van der Waals surface area contributed by atoms with Gasteiger partial charge in [0, 0.05) is 31.0 Å². The number of amides is 1. The summed E-state index contributed by atoms with van der Waals surface area (Å²) < 4.78 is 21.1. The van der Waals surface area contributed by atoms with Gasteiger partial charge in [-0.2, -0.15) is 5.10 Å². The van der Waals surface area contributed by atoms with Gasteiger partial charge in [-0.25, -0.2) is 4.79 Å². The first-order valence-electron chi connectivity index (χ1n) is 10.4. The van der Waals surface area contributed by atoms with E-state index in [1.807, 2.05) is 6.92 Å². The Morgan fingerprint density at radius 2 is 2.03 bits per heavy atom. The molecule has 11 nitrogen and oxygen atoms in total. The van der Waals surface area contributed by atoms with Gasteiger partial charge in [-0.3, -0.25) is 23.8 Å². The fourth-order valence-electron chi connectivity index (χ4n) is 4.05. The lowest BCUT2D eigenvalue weighted by Crippen LogP contribution is -2.54. The summed E-state index contributed by atoms with van der Waals surface area (Å²) in [6.45, 7) is 7.93. The number of ether oxygens (including phenoxy) is 3. The number of nitrogens with one attached hydrogen (secondary N) is 2. The van der Waals surface area contributed by atoms with Gasteiger partial charge in [0.05, 0.1) is 17.7 Å². The summed E-state index contributed by atoms with van der Waals surface area (Å²) in [6.07, 6.45) is 1.50. The molecule has 32 heavy (non-hydrogen) atoms. The molecule has 4 atom stereocenters. The maximum absolute atomic E-state index is 12.6. The number of carbonyl (C=O) groups excluding carboxylic acids is 1. The number of fused-ring (bicyclic) bond motifs is 1. The van der Waals surface area contributed by atoms with Crippen LogP contribution in [0.3, 0.4) is 0 Å². The second kappa shape index (κ2) is 8.47. The summed E-state index contributed by atoms with van der Waals surface area (Å²) in [5.74, 6) is -1.33. The summed E-state index contributed by atoms with van der Waals surface area (Å²) in [7, 11) is 0. The minimum Gasteiger partial charge on any atom is -0.371 e. The van der Waals surface area contributed by atoms with Crippen LogP contribution in [0.5, 0.6) is 0 Å². The van der Waals surface area contributed by atoms with Crippen molar-refractivity contribution in [2.45, 2.75) is 64.4 Å². The third-order valence-electron chi connectivity index (χ3n) is 5.61. The van der Waals surface area contributed by atoms with Gasteiger partial charge in [0.15, 0.2) is 11.5 Å². The zero-order chi connectivity index (χ0) is 23.2. The molecule has 12 heteroatoms. The highest BCUT2D eigenvalue weighted by Crippen LogP contribution is 2.39. The number of aromatic nitrogens is 4.